The van der Waals surface area contributed by atoms with Gasteiger partial charge in [0.05, 0.1) is 0 Å². The summed E-state index contributed by atoms with van der Waals surface area (Å²) < 4.78 is 36.7. The van der Waals surface area contributed by atoms with Crippen LogP contribution in [0.5, 0.6) is 0 Å². The molecule has 3 nitrogen and oxygen atoms in total. The summed E-state index contributed by atoms with van der Waals surface area (Å²) in [7, 11) is 0. The Morgan fingerprint density at radius 2 is 1.81 bits per heavy atom. The lowest BCUT2D eigenvalue weighted by Gasteiger charge is -2.20. The zero-order chi connectivity index (χ0) is 14.6. The van der Waals surface area contributed by atoms with Gasteiger partial charge in [0.15, 0.2) is 0 Å². The molecule has 0 bridgehead atoms. The van der Waals surface area contributed by atoms with Crippen LogP contribution in [-0.2, 0) is 0 Å². The Morgan fingerprint density at radius 1 is 1.14 bits per heavy atom. The molecule has 2 rings (SSSR count). The first kappa shape index (κ1) is 18.1. The van der Waals surface area contributed by atoms with E-state index in [4.69, 9.17) is 0 Å². The number of hydrogen-bond donors (Lipinski definition) is 1. The summed E-state index contributed by atoms with van der Waals surface area (Å²) in [6.45, 7) is 2.92. The van der Waals surface area contributed by atoms with Crippen molar-refractivity contribution in [2.24, 2.45) is 0 Å². The van der Waals surface area contributed by atoms with E-state index in [0.29, 0.717) is 18.7 Å². The monoisotopic (exact) mass is 340 g/mol. The van der Waals surface area contributed by atoms with Crippen molar-refractivity contribution < 1.29 is 18.0 Å². The second kappa shape index (κ2) is 7.91. The predicted molar refractivity (Wildman–Crippen MR) is 79.0 cm³/mol. The number of rotatable bonds is 2. The van der Waals surface area contributed by atoms with Crippen LogP contribution < -0.4 is 5.32 Å². The molecule has 1 fully saturated rings. The summed E-state index contributed by atoms with van der Waals surface area (Å²) in [6, 6.07) is 5.58. The first-order valence-corrected chi connectivity index (χ1v) is 7.13. The summed E-state index contributed by atoms with van der Waals surface area (Å²) in [5.74, 6) is -0.128. The predicted octanol–water partition coefficient (Wildman–Crippen LogP) is 3.16. The molecule has 0 radical (unpaired) electrons. The molecular weight excluding hydrogens is 325 g/mol. The SMILES string of the molecule is Cl.O=C(c1ccc(SC(F)(F)F)cc1)N1CCCNCC1. The van der Waals surface area contributed by atoms with Crippen molar-refractivity contribution in [2.45, 2.75) is 16.8 Å². The number of alkyl halides is 3. The molecule has 1 aromatic carbocycles. The Hall–Kier alpha value is -0.920. The lowest BCUT2D eigenvalue weighted by molar-refractivity contribution is -0.0328. The molecule has 8 heteroatoms. The van der Waals surface area contributed by atoms with Gasteiger partial charge < -0.3 is 10.2 Å². The molecule has 0 aliphatic carbocycles. The molecule has 118 valence electrons. The molecule has 0 atom stereocenters. The Morgan fingerprint density at radius 3 is 2.43 bits per heavy atom. The van der Waals surface area contributed by atoms with E-state index in [9.17, 15) is 18.0 Å². The Bertz CT molecular complexity index is 459. The summed E-state index contributed by atoms with van der Waals surface area (Å²) in [5, 5.41) is 3.20. The molecular formula is C13H16ClF3N2OS. The third-order valence-electron chi connectivity index (χ3n) is 2.96. The van der Waals surface area contributed by atoms with Crippen LogP contribution in [0.25, 0.3) is 0 Å². The normalized spacial score (nSPS) is 16.0. The summed E-state index contributed by atoms with van der Waals surface area (Å²) in [6.07, 6.45) is 0.883. The van der Waals surface area contributed by atoms with Gasteiger partial charge in [0.1, 0.15) is 0 Å². The van der Waals surface area contributed by atoms with Gasteiger partial charge in [-0.25, -0.2) is 0 Å². The number of thioether (sulfide) groups is 1. The van der Waals surface area contributed by atoms with Gasteiger partial charge in [0.2, 0.25) is 0 Å². The number of halogens is 4. The van der Waals surface area contributed by atoms with Gasteiger partial charge in [-0.3, -0.25) is 4.79 Å². The van der Waals surface area contributed by atoms with Gasteiger partial charge in [0, 0.05) is 30.1 Å². The van der Waals surface area contributed by atoms with Crippen LogP contribution in [0.4, 0.5) is 13.2 Å². The van der Waals surface area contributed by atoms with Crippen LogP contribution >= 0.6 is 24.2 Å². The number of amides is 1. The van der Waals surface area contributed by atoms with Crippen molar-refractivity contribution in [2.75, 3.05) is 26.2 Å². The first-order valence-electron chi connectivity index (χ1n) is 6.31. The molecule has 1 aliphatic heterocycles. The van der Waals surface area contributed by atoms with E-state index in [1.807, 2.05) is 0 Å². The van der Waals surface area contributed by atoms with E-state index >= 15 is 0 Å². The standard InChI is InChI=1S/C13H15F3N2OS.ClH/c14-13(15,16)20-11-4-2-10(3-5-11)12(19)18-8-1-6-17-7-9-18;/h2-5,17H,1,6-9H2;1H. The largest absolute Gasteiger partial charge is 0.446 e. The van der Waals surface area contributed by atoms with E-state index < -0.39 is 5.51 Å². The molecule has 0 spiro atoms. The molecule has 0 saturated carbocycles. The Balaban J connectivity index is 0.00000220. The smallest absolute Gasteiger partial charge is 0.337 e. The number of nitrogens with zero attached hydrogens (tertiary/aromatic N) is 1. The second-order valence-electron chi connectivity index (χ2n) is 4.47. The molecule has 1 aliphatic rings. The highest BCUT2D eigenvalue weighted by Crippen LogP contribution is 2.36. The van der Waals surface area contributed by atoms with Crippen LogP contribution in [0.15, 0.2) is 29.2 Å². The number of benzene rings is 1. The molecule has 0 aromatic heterocycles. The molecule has 21 heavy (non-hydrogen) atoms. The van der Waals surface area contributed by atoms with Gasteiger partial charge >= 0.3 is 5.51 Å². The fourth-order valence-electron chi connectivity index (χ4n) is 2.03. The van der Waals surface area contributed by atoms with Gasteiger partial charge in [-0.05, 0) is 49.0 Å². The Kier molecular flexibility index (Phi) is 6.83. The highest BCUT2D eigenvalue weighted by molar-refractivity contribution is 8.00. The average molecular weight is 341 g/mol. The van der Waals surface area contributed by atoms with Crippen LogP contribution in [0.3, 0.4) is 0 Å². The molecule has 0 unspecified atom stereocenters. The fourth-order valence-corrected chi connectivity index (χ4v) is 2.57. The molecule has 1 saturated heterocycles. The van der Waals surface area contributed by atoms with Crippen LogP contribution in [-0.4, -0.2) is 42.5 Å². The maximum absolute atomic E-state index is 12.2. The van der Waals surface area contributed by atoms with Crippen LogP contribution in [0, 0.1) is 0 Å². The number of carbonyl (C=O) groups excluding carboxylic acids is 1. The van der Waals surface area contributed by atoms with Crippen molar-refractivity contribution >= 4 is 30.1 Å². The van der Waals surface area contributed by atoms with Crippen molar-refractivity contribution in [3.63, 3.8) is 0 Å². The third kappa shape index (κ3) is 5.76. The van der Waals surface area contributed by atoms with E-state index in [-0.39, 0.29) is 35.0 Å². The highest BCUT2D eigenvalue weighted by atomic mass is 35.5. The van der Waals surface area contributed by atoms with Gasteiger partial charge in [-0.1, -0.05) is 0 Å². The van der Waals surface area contributed by atoms with E-state index in [1.54, 1.807) is 4.90 Å². The molecule has 1 amide bonds. The van der Waals surface area contributed by atoms with Gasteiger partial charge in [-0.2, -0.15) is 13.2 Å². The number of nitrogens with one attached hydrogen (secondary N) is 1. The zero-order valence-corrected chi connectivity index (χ0v) is 12.8. The Labute approximate surface area is 131 Å². The van der Waals surface area contributed by atoms with Crippen LogP contribution in [0.2, 0.25) is 0 Å². The van der Waals surface area contributed by atoms with Crippen LogP contribution in [0.1, 0.15) is 16.8 Å². The van der Waals surface area contributed by atoms with E-state index in [1.165, 1.54) is 24.3 Å². The minimum Gasteiger partial charge on any atom is -0.337 e. The number of carbonyl (C=O) groups is 1. The topological polar surface area (TPSA) is 32.3 Å². The van der Waals surface area contributed by atoms with Crippen molar-refractivity contribution in [3.05, 3.63) is 29.8 Å². The maximum atomic E-state index is 12.2. The lowest BCUT2D eigenvalue weighted by atomic mass is 10.2. The van der Waals surface area contributed by atoms with Crippen molar-refractivity contribution in [3.8, 4) is 0 Å². The summed E-state index contributed by atoms with van der Waals surface area (Å²) in [5.41, 5.74) is -3.87. The first-order chi connectivity index (χ1) is 9.46. The highest BCUT2D eigenvalue weighted by Gasteiger charge is 2.29. The maximum Gasteiger partial charge on any atom is 0.446 e. The minimum atomic E-state index is -4.30. The quantitative estimate of drug-likeness (QED) is 0.839. The minimum absolute atomic E-state index is 0. The summed E-state index contributed by atoms with van der Waals surface area (Å²) >= 11 is -0.175. The third-order valence-corrected chi connectivity index (χ3v) is 3.70. The van der Waals surface area contributed by atoms with E-state index in [0.717, 1.165) is 19.5 Å². The molecule has 1 aromatic rings. The van der Waals surface area contributed by atoms with Crippen molar-refractivity contribution in [1.29, 1.82) is 0 Å². The summed E-state index contributed by atoms with van der Waals surface area (Å²) in [4.78, 5) is 14.0. The van der Waals surface area contributed by atoms with Gasteiger partial charge in [0.25, 0.3) is 5.91 Å². The van der Waals surface area contributed by atoms with Gasteiger partial charge in [-0.15, -0.1) is 12.4 Å². The zero-order valence-electron chi connectivity index (χ0n) is 11.2. The number of hydrogen-bond acceptors (Lipinski definition) is 3. The lowest BCUT2D eigenvalue weighted by Crippen LogP contribution is -2.34. The van der Waals surface area contributed by atoms with Crippen molar-refractivity contribution in [1.82, 2.24) is 10.2 Å². The fraction of sp³-hybridized carbons (Fsp3) is 0.462. The molecule has 1 heterocycles. The molecule has 1 N–H and O–H groups in total. The second-order valence-corrected chi connectivity index (χ2v) is 5.61. The van der Waals surface area contributed by atoms with E-state index in [2.05, 4.69) is 5.32 Å². The average Bonchev–Trinajstić information content (AvgIpc) is 2.66.